The number of carbonyl (C=O) groups is 3. The number of halogens is 1. The Morgan fingerprint density at radius 1 is 1.00 bits per heavy atom. The molecule has 2 amide bonds. The molecule has 2 N–H and O–H groups in total. The maximum atomic E-state index is 16.4. The number of hydrogen-bond donors (Lipinski definition) is 2. The smallest absolute Gasteiger partial charge is 0.256 e. The average molecular weight is 630 g/mol. The topological polar surface area (TPSA) is 103 Å². The van der Waals surface area contributed by atoms with E-state index in [1.54, 1.807) is 0 Å². The van der Waals surface area contributed by atoms with E-state index in [2.05, 4.69) is 25.3 Å². The molecule has 4 heterocycles. The minimum Gasteiger partial charge on any atom is -0.374 e. The van der Waals surface area contributed by atoms with Crippen molar-refractivity contribution in [3.05, 3.63) is 11.8 Å². The molecule has 3 saturated heterocycles. The Bertz CT molecular complexity index is 1180. The molecule has 0 aromatic rings. The summed E-state index contributed by atoms with van der Waals surface area (Å²) in [5.74, 6) is -0.337. The van der Waals surface area contributed by atoms with E-state index >= 15 is 4.39 Å². The van der Waals surface area contributed by atoms with Gasteiger partial charge in [0, 0.05) is 44.7 Å². The van der Waals surface area contributed by atoms with Crippen LogP contribution >= 0.6 is 0 Å². The van der Waals surface area contributed by atoms with Crippen LogP contribution in [0.2, 0.25) is 0 Å². The molecular formula is C34H52FN5O5. The van der Waals surface area contributed by atoms with E-state index in [9.17, 15) is 14.4 Å². The molecule has 11 heteroatoms. The average Bonchev–Trinajstić information content (AvgIpc) is 3.60. The molecule has 0 radical (unpaired) electrons. The number of fused-ring (bicyclic) bond motifs is 5. The zero-order valence-electron chi connectivity index (χ0n) is 27.2. The second kappa shape index (κ2) is 12.8. The lowest BCUT2D eigenvalue weighted by atomic mass is 9.67. The minimum absolute atomic E-state index is 0.0184. The van der Waals surface area contributed by atoms with Crippen LogP contribution in [0.4, 0.5) is 4.39 Å². The Balaban J connectivity index is 1.16. The highest BCUT2D eigenvalue weighted by atomic mass is 19.1. The van der Waals surface area contributed by atoms with Gasteiger partial charge in [-0.2, -0.15) is 0 Å². The summed E-state index contributed by atoms with van der Waals surface area (Å²) in [4.78, 5) is 45.8. The number of hydrogen-bond acceptors (Lipinski definition) is 8. The summed E-state index contributed by atoms with van der Waals surface area (Å²) in [6.45, 7) is 4.21. The van der Waals surface area contributed by atoms with Crippen LogP contribution in [0.15, 0.2) is 11.8 Å². The Morgan fingerprint density at radius 2 is 1.82 bits per heavy atom. The quantitative estimate of drug-likeness (QED) is 0.311. The summed E-state index contributed by atoms with van der Waals surface area (Å²) in [5.41, 5.74) is 0.156. The summed E-state index contributed by atoms with van der Waals surface area (Å²) >= 11 is 0. The lowest BCUT2D eigenvalue weighted by Crippen LogP contribution is -2.73. The SMILES string of the molecule is CC(=O)N[C@@H]1CCN(C2C(F)CC3C(=O)C(C(=O)NCCCCN(C)C)=CN4C5CC6OC7CCCCC7C6CC5OC2C34)C1. The number of alkyl halides is 1. The van der Waals surface area contributed by atoms with Crippen molar-refractivity contribution in [3.8, 4) is 0 Å². The van der Waals surface area contributed by atoms with Crippen LogP contribution < -0.4 is 10.6 Å². The van der Waals surface area contributed by atoms with Gasteiger partial charge in [-0.15, -0.1) is 0 Å². The van der Waals surface area contributed by atoms with Gasteiger partial charge < -0.3 is 29.9 Å². The van der Waals surface area contributed by atoms with E-state index in [1.165, 1.54) is 26.2 Å². The first-order valence-electron chi connectivity index (χ1n) is 17.6. The van der Waals surface area contributed by atoms with Gasteiger partial charge in [-0.1, -0.05) is 12.8 Å². The number of carbonyl (C=O) groups excluding carboxylic acids is 3. The Kier molecular flexibility index (Phi) is 9.00. The minimum atomic E-state index is -1.27. The van der Waals surface area contributed by atoms with Crippen molar-refractivity contribution in [1.29, 1.82) is 0 Å². The fourth-order valence-corrected chi connectivity index (χ4v) is 10.1. The van der Waals surface area contributed by atoms with E-state index < -0.39 is 24.2 Å². The van der Waals surface area contributed by atoms with Gasteiger partial charge in [0.15, 0.2) is 5.78 Å². The van der Waals surface area contributed by atoms with Gasteiger partial charge in [-0.3, -0.25) is 19.3 Å². The van der Waals surface area contributed by atoms with Crippen LogP contribution in [0.5, 0.6) is 0 Å². The molecule has 6 fully saturated rings. The van der Waals surface area contributed by atoms with Crippen molar-refractivity contribution in [2.45, 2.75) is 126 Å². The van der Waals surface area contributed by atoms with E-state index in [4.69, 9.17) is 9.47 Å². The van der Waals surface area contributed by atoms with E-state index in [1.807, 2.05) is 20.3 Å². The van der Waals surface area contributed by atoms with Crippen LogP contribution in [0.3, 0.4) is 0 Å². The molecule has 3 saturated carbocycles. The van der Waals surface area contributed by atoms with Crippen molar-refractivity contribution in [3.63, 3.8) is 0 Å². The van der Waals surface area contributed by atoms with Crippen LogP contribution in [0.25, 0.3) is 0 Å². The van der Waals surface area contributed by atoms with Crippen molar-refractivity contribution in [2.24, 2.45) is 17.8 Å². The summed E-state index contributed by atoms with van der Waals surface area (Å²) < 4.78 is 30.2. The number of ether oxygens (including phenoxy) is 2. The maximum Gasteiger partial charge on any atom is 0.256 e. The molecular weight excluding hydrogens is 577 g/mol. The molecule has 3 aliphatic carbocycles. The number of rotatable bonds is 8. The maximum absolute atomic E-state index is 16.4. The molecule has 7 rings (SSSR count). The molecule has 10 nitrogen and oxygen atoms in total. The van der Waals surface area contributed by atoms with Crippen molar-refractivity contribution in [1.82, 2.24) is 25.3 Å². The summed E-state index contributed by atoms with van der Waals surface area (Å²) in [5, 5.41) is 6.00. The number of amides is 2. The Morgan fingerprint density at radius 3 is 2.62 bits per heavy atom. The predicted molar refractivity (Wildman–Crippen MR) is 166 cm³/mol. The van der Waals surface area contributed by atoms with Gasteiger partial charge in [-0.25, -0.2) is 4.39 Å². The number of Topliss-reactive ketones (excluding diaryl/α,β-unsaturated/α-hetero) is 1. The first-order chi connectivity index (χ1) is 21.7. The second-order valence-electron chi connectivity index (χ2n) is 15.1. The molecule has 12 atom stereocenters. The van der Waals surface area contributed by atoms with Gasteiger partial charge in [0.1, 0.15) is 6.17 Å². The third-order valence-corrected chi connectivity index (χ3v) is 12.0. The summed E-state index contributed by atoms with van der Waals surface area (Å²) in [6, 6.07) is -0.863. The molecule has 0 aromatic carbocycles. The molecule has 0 aromatic heterocycles. The lowest BCUT2D eigenvalue weighted by Gasteiger charge is -2.61. The van der Waals surface area contributed by atoms with E-state index in [-0.39, 0.29) is 59.9 Å². The van der Waals surface area contributed by atoms with E-state index in [0.717, 1.165) is 45.1 Å². The molecule has 250 valence electrons. The van der Waals surface area contributed by atoms with Gasteiger partial charge in [0.25, 0.3) is 5.91 Å². The highest BCUT2D eigenvalue weighted by Gasteiger charge is 2.62. The lowest BCUT2D eigenvalue weighted by molar-refractivity contribution is -0.220. The highest BCUT2D eigenvalue weighted by molar-refractivity contribution is 6.20. The van der Waals surface area contributed by atoms with Gasteiger partial charge in [0.2, 0.25) is 5.91 Å². The van der Waals surface area contributed by atoms with E-state index in [0.29, 0.717) is 37.6 Å². The van der Waals surface area contributed by atoms with Crippen molar-refractivity contribution >= 4 is 17.6 Å². The Hall–Kier alpha value is -2.08. The first kappa shape index (κ1) is 31.5. The van der Waals surface area contributed by atoms with Crippen molar-refractivity contribution < 1.29 is 28.2 Å². The van der Waals surface area contributed by atoms with Crippen molar-refractivity contribution in [2.75, 3.05) is 40.3 Å². The number of morpholine rings is 1. The number of likely N-dealkylation sites (tertiary alicyclic amines) is 1. The molecule has 0 spiro atoms. The van der Waals surface area contributed by atoms with Gasteiger partial charge in [0.05, 0.1) is 48.1 Å². The summed E-state index contributed by atoms with van der Waals surface area (Å²) in [6.07, 6.45) is 9.48. The second-order valence-corrected chi connectivity index (χ2v) is 15.1. The van der Waals surface area contributed by atoms with Gasteiger partial charge >= 0.3 is 0 Å². The number of nitrogens with zero attached hydrogens (tertiary/aromatic N) is 3. The number of nitrogens with one attached hydrogen (secondary N) is 2. The molecule has 45 heavy (non-hydrogen) atoms. The third-order valence-electron chi connectivity index (χ3n) is 12.0. The normalized spacial score (nSPS) is 42.4. The molecule has 0 bridgehead atoms. The zero-order valence-corrected chi connectivity index (χ0v) is 27.2. The first-order valence-corrected chi connectivity index (χ1v) is 17.6. The highest BCUT2D eigenvalue weighted by Crippen LogP contribution is 2.53. The number of ketones is 1. The molecule has 11 unspecified atom stereocenters. The van der Waals surface area contributed by atoms with Gasteiger partial charge in [-0.05, 0) is 83.8 Å². The standard InChI is InChI=1S/C34H52FN5O5/c1-19(41)37-20-10-13-39(17-20)31-25(35)14-23-30-33(31)45-29-15-22-21-8-4-5-9-27(21)44-28(22)16-26(29)40(30)18-24(32(23)42)34(43)36-11-6-7-12-38(2)3/h18,20-23,25-31,33H,4-17H2,1-3H3,(H,36,43)(H,37,41)/t20-,21?,22?,23?,25?,26?,27?,28?,29?,30?,31?,33?/m1/s1. The van der Waals surface area contributed by atoms with Crippen LogP contribution in [-0.4, -0.2) is 127 Å². The third kappa shape index (κ3) is 5.95. The summed E-state index contributed by atoms with van der Waals surface area (Å²) in [7, 11) is 4.05. The Labute approximate surface area is 266 Å². The molecule has 4 aliphatic heterocycles. The largest absolute Gasteiger partial charge is 0.374 e. The zero-order chi connectivity index (χ0) is 31.4. The molecule has 7 aliphatic rings. The fraction of sp³-hybridized carbons (Fsp3) is 0.853. The van der Waals surface area contributed by atoms with Crippen LogP contribution in [0.1, 0.15) is 71.1 Å². The predicted octanol–water partition coefficient (Wildman–Crippen LogP) is 2.02. The fourth-order valence-electron chi connectivity index (χ4n) is 10.1. The monoisotopic (exact) mass is 629 g/mol. The van der Waals surface area contributed by atoms with Crippen LogP contribution in [0, 0.1) is 17.8 Å². The van der Waals surface area contributed by atoms with Crippen LogP contribution in [-0.2, 0) is 23.9 Å². The number of unbranched alkanes of at least 4 members (excludes halogenated alkanes) is 1.